The average molecular weight is 323 g/mol. The van der Waals surface area contributed by atoms with Gasteiger partial charge in [-0.2, -0.15) is 0 Å². The topological polar surface area (TPSA) is 59.4 Å². The van der Waals surface area contributed by atoms with Crippen molar-refractivity contribution in [2.75, 3.05) is 0 Å². The average Bonchev–Trinajstić information content (AvgIpc) is 2.40. The van der Waals surface area contributed by atoms with E-state index in [4.69, 9.17) is 0 Å². The molecule has 19 heavy (non-hydrogen) atoms. The van der Waals surface area contributed by atoms with Gasteiger partial charge >= 0.3 is 0 Å². The Labute approximate surface area is 116 Å². The van der Waals surface area contributed by atoms with Gasteiger partial charge < -0.3 is 0 Å². The highest BCUT2D eigenvalue weighted by atomic mass is 79.9. The zero-order valence-corrected chi connectivity index (χ0v) is 11.2. The predicted octanol–water partition coefficient (Wildman–Crippen LogP) is 3.67. The van der Waals surface area contributed by atoms with E-state index in [1.54, 1.807) is 6.07 Å². The van der Waals surface area contributed by atoms with E-state index in [2.05, 4.69) is 26.1 Å². The first-order valence-electron chi connectivity index (χ1n) is 5.35. The molecule has 2 aromatic rings. The lowest BCUT2D eigenvalue weighted by Gasteiger charge is -2.08. The molecule has 0 spiro atoms. The van der Waals surface area contributed by atoms with Gasteiger partial charge in [0.15, 0.2) is 11.8 Å². The molecule has 1 aromatic carbocycles. The number of carbonyl (C=O) groups is 1. The first-order valence-corrected chi connectivity index (χ1v) is 6.15. The van der Waals surface area contributed by atoms with Crippen LogP contribution in [0.4, 0.5) is 4.39 Å². The van der Waals surface area contributed by atoms with Crippen LogP contribution in [-0.4, -0.2) is 10.8 Å². The predicted molar refractivity (Wildman–Crippen MR) is 71.2 cm³/mol. The Morgan fingerprint density at radius 2 is 1.95 bits per heavy atom. The number of hydrogen-bond donors (Lipinski definition) is 0. The molecule has 0 saturated heterocycles. The Hall–Kier alpha value is -1.95. The van der Waals surface area contributed by atoms with Gasteiger partial charge in [0.2, 0.25) is 0 Å². The van der Waals surface area contributed by atoms with Crippen molar-refractivity contribution in [3.05, 3.63) is 69.0 Å². The molecule has 0 aliphatic rings. The molecule has 0 saturated carbocycles. The second-order valence-electron chi connectivity index (χ2n) is 3.79. The molecule has 0 N–H and O–H groups in total. The molecular formula is C13H8BrFN2O2. The fraction of sp³-hybridized carbons (Fsp3) is 0.0769. The molecule has 0 radical (unpaired) electrons. The molecule has 6 heteroatoms. The fourth-order valence-corrected chi connectivity index (χ4v) is 2.00. The Morgan fingerprint density at radius 1 is 1.26 bits per heavy atom. The number of carbonyl (C=O) groups excluding carboxylic acids is 1. The van der Waals surface area contributed by atoms with Gasteiger partial charge in [-0.1, -0.05) is 5.18 Å². The van der Waals surface area contributed by atoms with Crippen molar-refractivity contribution < 1.29 is 9.18 Å². The van der Waals surface area contributed by atoms with E-state index in [0.717, 1.165) is 12.1 Å². The molecule has 2 rings (SSSR count). The highest BCUT2D eigenvalue weighted by Gasteiger charge is 2.23. The summed E-state index contributed by atoms with van der Waals surface area (Å²) in [6, 6.07) is 6.91. The second-order valence-corrected chi connectivity index (χ2v) is 4.60. The third kappa shape index (κ3) is 3.08. The lowest BCUT2D eigenvalue weighted by atomic mass is 9.99. The third-order valence-corrected chi connectivity index (χ3v) is 2.98. The van der Waals surface area contributed by atoms with Gasteiger partial charge in [-0.3, -0.25) is 4.79 Å². The zero-order chi connectivity index (χ0) is 13.8. The summed E-state index contributed by atoms with van der Waals surface area (Å²) in [4.78, 5) is 27.0. The van der Waals surface area contributed by atoms with Crippen LogP contribution in [0.2, 0.25) is 0 Å². The Balaban J connectivity index is 2.34. The highest BCUT2D eigenvalue weighted by Crippen LogP contribution is 2.24. The number of nitroso groups, excluding NO2 is 1. The van der Waals surface area contributed by atoms with E-state index >= 15 is 0 Å². The molecule has 0 amide bonds. The Morgan fingerprint density at radius 3 is 2.53 bits per heavy atom. The molecule has 0 aliphatic heterocycles. The van der Waals surface area contributed by atoms with Gasteiger partial charge in [0.1, 0.15) is 10.4 Å². The molecule has 1 aromatic heterocycles. The maximum Gasteiger partial charge on any atom is 0.195 e. The van der Waals surface area contributed by atoms with E-state index in [-0.39, 0.29) is 5.56 Å². The van der Waals surface area contributed by atoms with E-state index in [1.165, 1.54) is 24.4 Å². The van der Waals surface area contributed by atoms with Crippen LogP contribution >= 0.6 is 15.9 Å². The Kier molecular flexibility index (Phi) is 4.11. The number of pyridine rings is 1. The summed E-state index contributed by atoms with van der Waals surface area (Å²) in [6.07, 6.45) is 1.47. The first-order chi connectivity index (χ1) is 9.11. The van der Waals surface area contributed by atoms with Crippen molar-refractivity contribution in [1.82, 2.24) is 4.98 Å². The molecule has 0 aliphatic carbocycles. The number of ketones is 1. The minimum atomic E-state index is -1.16. The fourth-order valence-electron chi connectivity index (χ4n) is 1.62. The van der Waals surface area contributed by atoms with E-state index < -0.39 is 17.6 Å². The normalized spacial score (nSPS) is 11.9. The number of halogens is 2. The minimum absolute atomic E-state index is 0.235. The monoisotopic (exact) mass is 322 g/mol. The second kappa shape index (κ2) is 5.79. The summed E-state index contributed by atoms with van der Waals surface area (Å²) in [5.41, 5.74) is 0.671. The standard InChI is InChI=1S/C13H8BrFN2O2/c14-11-7-9(5-6-16-11)12(17-19)13(18)8-1-3-10(15)4-2-8/h1-7,12H. The van der Waals surface area contributed by atoms with E-state index in [9.17, 15) is 14.1 Å². The zero-order valence-electron chi connectivity index (χ0n) is 9.59. The van der Waals surface area contributed by atoms with E-state index in [1.807, 2.05) is 0 Å². The molecule has 1 atom stereocenters. The van der Waals surface area contributed by atoms with Gasteiger partial charge in [0, 0.05) is 11.8 Å². The van der Waals surface area contributed by atoms with Crippen LogP contribution in [0.3, 0.4) is 0 Å². The van der Waals surface area contributed by atoms with Gasteiger partial charge in [-0.05, 0) is 57.9 Å². The number of nitrogens with zero attached hydrogens (tertiary/aromatic N) is 2. The van der Waals surface area contributed by atoms with Crippen molar-refractivity contribution in [2.45, 2.75) is 6.04 Å². The molecule has 0 bridgehead atoms. The van der Waals surface area contributed by atoms with Crippen molar-refractivity contribution in [1.29, 1.82) is 0 Å². The van der Waals surface area contributed by atoms with Crippen molar-refractivity contribution in [3.8, 4) is 0 Å². The number of benzene rings is 1. The molecule has 96 valence electrons. The van der Waals surface area contributed by atoms with Crippen LogP contribution in [0, 0.1) is 10.7 Å². The van der Waals surface area contributed by atoms with Gasteiger partial charge in [-0.15, -0.1) is 4.91 Å². The largest absolute Gasteiger partial charge is 0.291 e. The molecular weight excluding hydrogens is 315 g/mol. The lowest BCUT2D eigenvalue weighted by molar-refractivity contribution is 0.0961. The van der Waals surface area contributed by atoms with Crippen LogP contribution in [0.1, 0.15) is 22.0 Å². The van der Waals surface area contributed by atoms with Crippen LogP contribution in [0.25, 0.3) is 0 Å². The minimum Gasteiger partial charge on any atom is -0.291 e. The van der Waals surface area contributed by atoms with Crippen LogP contribution in [0.5, 0.6) is 0 Å². The van der Waals surface area contributed by atoms with Crippen LogP contribution in [0.15, 0.2) is 52.4 Å². The molecule has 1 heterocycles. The SMILES string of the molecule is O=NC(C(=O)c1ccc(F)cc1)c1ccnc(Br)c1. The van der Waals surface area contributed by atoms with Crippen LogP contribution in [-0.2, 0) is 0 Å². The first kappa shape index (κ1) is 13.5. The van der Waals surface area contributed by atoms with E-state index in [0.29, 0.717) is 10.2 Å². The summed E-state index contributed by atoms with van der Waals surface area (Å²) in [6.45, 7) is 0. The number of aromatic nitrogens is 1. The molecule has 0 fully saturated rings. The van der Waals surface area contributed by atoms with Gasteiger partial charge in [-0.25, -0.2) is 9.37 Å². The number of rotatable bonds is 4. The summed E-state index contributed by atoms with van der Waals surface area (Å²) in [5, 5.41) is 2.86. The maximum absolute atomic E-state index is 12.8. The molecule has 1 unspecified atom stereocenters. The van der Waals surface area contributed by atoms with Crippen molar-refractivity contribution in [3.63, 3.8) is 0 Å². The summed E-state index contributed by atoms with van der Waals surface area (Å²) in [7, 11) is 0. The highest BCUT2D eigenvalue weighted by molar-refractivity contribution is 9.10. The van der Waals surface area contributed by atoms with Gasteiger partial charge in [0.25, 0.3) is 0 Å². The van der Waals surface area contributed by atoms with Gasteiger partial charge in [0.05, 0.1) is 0 Å². The molecule has 4 nitrogen and oxygen atoms in total. The van der Waals surface area contributed by atoms with Crippen molar-refractivity contribution in [2.24, 2.45) is 5.18 Å². The summed E-state index contributed by atoms with van der Waals surface area (Å²) < 4.78 is 13.3. The maximum atomic E-state index is 12.8. The van der Waals surface area contributed by atoms with Crippen LogP contribution < -0.4 is 0 Å². The number of hydrogen-bond acceptors (Lipinski definition) is 4. The quantitative estimate of drug-likeness (QED) is 0.490. The number of Topliss-reactive ketones (excluding diaryl/α,β-unsaturated/α-hetero) is 1. The van der Waals surface area contributed by atoms with Crippen molar-refractivity contribution >= 4 is 21.7 Å². The lowest BCUT2D eigenvalue weighted by Crippen LogP contribution is -2.10. The summed E-state index contributed by atoms with van der Waals surface area (Å²) >= 11 is 3.16. The summed E-state index contributed by atoms with van der Waals surface area (Å²) in [5.74, 6) is -0.924. The third-order valence-electron chi connectivity index (χ3n) is 2.55. The Bertz CT molecular complexity index is 616. The smallest absolute Gasteiger partial charge is 0.195 e.